The van der Waals surface area contributed by atoms with E-state index in [9.17, 15) is 14.4 Å². The quantitative estimate of drug-likeness (QED) is 0.171. The minimum absolute atomic E-state index is 0.107. The Balaban J connectivity index is 4.38. The highest BCUT2D eigenvalue weighted by Gasteiger charge is 2.35. The van der Waals surface area contributed by atoms with Crippen molar-refractivity contribution in [2.75, 3.05) is 51.0 Å². The van der Waals surface area contributed by atoms with Gasteiger partial charge in [-0.25, -0.2) is 0 Å². The van der Waals surface area contributed by atoms with Crippen LogP contribution in [0.5, 0.6) is 0 Å². The normalized spacial score (nSPS) is 12.8. The van der Waals surface area contributed by atoms with E-state index in [0.29, 0.717) is 45.8 Å². The van der Waals surface area contributed by atoms with E-state index < -0.39 is 0 Å². The van der Waals surface area contributed by atoms with Crippen molar-refractivity contribution in [3.05, 3.63) is 0 Å². The maximum Gasteiger partial charge on any atom is 0.229 e. The first kappa shape index (κ1) is 36.8. The van der Waals surface area contributed by atoms with Gasteiger partial charge in [0.1, 0.15) is 0 Å². The molecule has 0 saturated carbocycles. The molecule has 0 heterocycles. The number of carbonyl (C=O) groups is 3. The number of thioether (sulfide) groups is 1. The van der Waals surface area contributed by atoms with E-state index >= 15 is 0 Å². The van der Waals surface area contributed by atoms with Crippen molar-refractivity contribution in [3.63, 3.8) is 0 Å². The van der Waals surface area contributed by atoms with Crippen LogP contribution in [0.3, 0.4) is 0 Å². The van der Waals surface area contributed by atoms with Gasteiger partial charge in [0.15, 0.2) is 0 Å². The summed E-state index contributed by atoms with van der Waals surface area (Å²) in [6, 6.07) is 0. The summed E-state index contributed by atoms with van der Waals surface area (Å²) in [5, 5.41) is 2.87. The van der Waals surface area contributed by atoms with E-state index in [4.69, 9.17) is 14.2 Å². The molecule has 0 aliphatic heterocycles. The Hall–Kier alpha value is -1.16. The van der Waals surface area contributed by atoms with Gasteiger partial charge in [-0.2, -0.15) is 11.8 Å². The summed E-state index contributed by atoms with van der Waals surface area (Å²) in [6.07, 6.45) is 4.80. The molecule has 8 nitrogen and oxygen atoms in total. The zero-order valence-electron chi connectivity index (χ0n) is 25.5. The number of nitrogens with one attached hydrogen (secondary N) is 1. The molecule has 0 spiro atoms. The van der Waals surface area contributed by atoms with Crippen molar-refractivity contribution in [1.29, 1.82) is 0 Å². The molecule has 3 amide bonds. The fraction of sp³-hybridized carbons (Fsp3) is 0.897. The number of hydrogen-bond donors (Lipinski definition) is 1. The summed E-state index contributed by atoms with van der Waals surface area (Å²) in [6.45, 7) is 18.8. The van der Waals surface area contributed by atoms with Crippen molar-refractivity contribution >= 4 is 29.5 Å². The lowest BCUT2D eigenvalue weighted by Gasteiger charge is -2.38. The van der Waals surface area contributed by atoms with Crippen molar-refractivity contribution < 1.29 is 28.6 Å². The Morgan fingerprint density at radius 2 is 1.61 bits per heavy atom. The number of imide groups is 1. The van der Waals surface area contributed by atoms with Crippen LogP contribution in [-0.2, 0) is 28.6 Å². The summed E-state index contributed by atoms with van der Waals surface area (Å²) in [5.41, 5.74) is -0.612. The van der Waals surface area contributed by atoms with E-state index in [-0.39, 0.29) is 47.8 Å². The minimum atomic E-state index is -0.342. The Bertz CT molecular complexity index is 671. The number of unbranched alkanes of at least 4 members (excludes halogenated alkanes) is 1. The van der Waals surface area contributed by atoms with Crippen LogP contribution < -0.4 is 5.32 Å². The van der Waals surface area contributed by atoms with Gasteiger partial charge in [-0.1, -0.05) is 6.92 Å². The van der Waals surface area contributed by atoms with Crippen LogP contribution in [0.4, 0.5) is 0 Å². The minimum Gasteiger partial charge on any atom is -0.381 e. The van der Waals surface area contributed by atoms with Crippen LogP contribution in [0.1, 0.15) is 100 Å². The monoisotopic (exact) mass is 560 g/mol. The highest BCUT2D eigenvalue weighted by Crippen LogP contribution is 2.31. The molecule has 9 heteroatoms. The molecule has 1 unspecified atom stereocenters. The van der Waals surface area contributed by atoms with Crippen molar-refractivity contribution in [1.82, 2.24) is 10.2 Å². The van der Waals surface area contributed by atoms with Gasteiger partial charge in [0.2, 0.25) is 17.7 Å². The fourth-order valence-electron chi connectivity index (χ4n) is 4.29. The summed E-state index contributed by atoms with van der Waals surface area (Å²) >= 11 is 1.89. The average Bonchev–Trinajstić information content (AvgIpc) is 2.82. The lowest BCUT2D eigenvalue weighted by Crippen LogP contribution is -2.42. The lowest BCUT2D eigenvalue weighted by molar-refractivity contribution is -0.143. The fourth-order valence-corrected chi connectivity index (χ4v) is 5.19. The third-order valence-corrected chi connectivity index (χ3v) is 7.67. The molecular weight excluding hydrogens is 504 g/mol. The van der Waals surface area contributed by atoms with Crippen molar-refractivity contribution in [2.45, 2.75) is 112 Å². The number of carbonyl (C=O) groups excluding carboxylic acids is 3. The molecule has 0 aliphatic carbocycles. The molecule has 0 radical (unpaired) electrons. The van der Waals surface area contributed by atoms with Crippen LogP contribution in [0.15, 0.2) is 0 Å². The highest BCUT2D eigenvalue weighted by molar-refractivity contribution is 7.99. The van der Waals surface area contributed by atoms with E-state index in [1.165, 1.54) is 11.8 Å². The molecule has 0 bridgehead atoms. The largest absolute Gasteiger partial charge is 0.381 e. The SMILES string of the molecule is CCCSCCCCC(=O)N(CCC(=O)NCCCOCC(CC(C)(C)OCC)C(C)(C)OCC)C(C)=O. The summed E-state index contributed by atoms with van der Waals surface area (Å²) in [5.74, 6) is 1.64. The number of ether oxygens (including phenoxy) is 3. The molecule has 1 atom stereocenters. The van der Waals surface area contributed by atoms with Gasteiger partial charge in [-0.05, 0) is 85.2 Å². The van der Waals surface area contributed by atoms with E-state index in [1.807, 2.05) is 25.6 Å². The molecule has 0 aromatic rings. The molecule has 0 aliphatic rings. The van der Waals surface area contributed by atoms with Gasteiger partial charge >= 0.3 is 0 Å². The average molecular weight is 561 g/mol. The van der Waals surface area contributed by atoms with Crippen LogP contribution in [0.25, 0.3) is 0 Å². The van der Waals surface area contributed by atoms with Crippen LogP contribution in [0.2, 0.25) is 0 Å². The van der Waals surface area contributed by atoms with Gasteiger partial charge in [-0.3, -0.25) is 19.3 Å². The second-order valence-corrected chi connectivity index (χ2v) is 12.0. The second kappa shape index (κ2) is 20.7. The Morgan fingerprint density at radius 3 is 2.21 bits per heavy atom. The van der Waals surface area contributed by atoms with Crippen molar-refractivity contribution in [3.8, 4) is 0 Å². The summed E-state index contributed by atoms with van der Waals surface area (Å²) in [7, 11) is 0. The Labute approximate surface area is 236 Å². The van der Waals surface area contributed by atoms with Crippen LogP contribution >= 0.6 is 11.8 Å². The zero-order chi connectivity index (χ0) is 29.0. The predicted molar refractivity (Wildman–Crippen MR) is 156 cm³/mol. The Kier molecular flexibility index (Phi) is 20.1. The smallest absolute Gasteiger partial charge is 0.229 e. The highest BCUT2D eigenvalue weighted by atomic mass is 32.2. The van der Waals surface area contributed by atoms with E-state index in [0.717, 1.165) is 37.2 Å². The van der Waals surface area contributed by atoms with Crippen LogP contribution in [-0.4, -0.2) is 84.8 Å². The maximum absolute atomic E-state index is 12.4. The molecule has 0 saturated heterocycles. The molecule has 38 heavy (non-hydrogen) atoms. The first-order chi connectivity index (χ1) is 17.9. The summed E-state index contributed by atoms with van der Waals surface area (Å²) < 4.78 is 17.9. The first-order valence-corrected chi connectivity index (χ1v) is 15.6. The standard InChI is InChI=1S/C29H56N2O6S/c1-9-20-38-21-13-12-15-27(34)31(24(4)32)18-16-26(33)30-17-14-19-35-23-25(29(7,8)37-11-3)22-28(5,6)36-10-2/h25H,9-23H2,1-8H3,(H,30,33). The number of amides is 3. The third kappa shape index (κ3) is 17.4. The zero-order valence-corrected chi connectivity index (χ0v) is 26.3. The maximum atomic E-state index is 12.4. The van der Waals surface area contributed by atoms with Crippen LogP contribution in [0, 0.1) is 5.92 Å². The molecule has 0 rings (SSSR count). The number of nitrogens with zero attached hydrogens (tertiary/aromatic N) is 1. The second-order valence-electron chi connectivity index (χ2n) is 10.8. The number of hydrogen-bond acceptors (Lipinski definition) is 7. The Morgan fingerprint density at radius 1 is 0.921 bits per heavy atom. The molecule has 0 fully saturated rings. The van der Waals surface area contributed by atoms with Gasteiger partial charge < -0.3 is 19.5 Å². The topological polar surface area (TPSA) is 94.2 Å². The molecular formula is C29H56N2O6S. The first-order valence-electron chi connectivity index (χ1n) is 14.4. The predicted octanol–water partition coefficient (Wildman–Crippen LogP) is 5.22. The molecule has 0 aromatic carbocycles. The van der Waals surface area contributed by atoms with Gasteiger partial charge in [0.05, 0.1) is 17.8 Å². The third-order valence-electron chi connectivity index (χ3n) is 6.40. The van der Waals surface area contributed by atoms with E-state index in [1.54, 1.807) is 0 Å². The molecule has 0 aromatic heterocycles. The van der Waals surface area contributed by atoms with Gasteiger partial charge in [-0.15, -0.1) is 0 Å². The lowest BCUT2D eigenvalue weighted by atomic mass is 9.82. The van der Waals surface area contributed by atoms with Crippen molar-refractivity contribution in [2.24, 2.45) is 5.92 Å². The van der Waals surface area contributed by atoms with E-state index in [2.05, 4.69) is 39.9 Å². The van der Waals surface area contributed by atoms with Gasteiger partial charge in [0, 0.05) is 58.6 Å². The molecule has 1 N–H and O–H groups in total. The molecule has 224 valence electrons. The van der Waals surface area contributed by atoms with Gasteiger partial charge in [0.25, 0.3) is 0 Å². The summed E-state index contributed by atoms with van der Waals surface area (Å²) in [4.78, 5) is 37.9. The number of rotatable bonds is 23.